The van der Waals surface area contributed by atoms with Crippen LogP contribution in [0.15, 0.2) is 0 Å². The zero-order chi connectivity index (χ0) is 21.2. The lowest BCUT2D eigenvalue weighted by atomic mass is 10.4. The van der Waals surface area contributed by atoms with Gasteiger partial charge in [-0.2, -0.15) is 0 Å². The Morgan fingerprint density at radius 3 is 0.600 bits per heavy atom. The summed E-state index contributed by atoms with van der Waals surface area (Å²) < 4.78 is 0. The van der Waals surface area contributed by atoms with Crippen molar-refractivity contribution in [2.24, 2.45) is 0 Å². The molecule has 0 N–H and O–H groups in total. The van der Waals surface area contributed by atoms with Gasteiger partial charge in [0.25, 0.3) is 0 Å². The molecule has 0 aromatic heterocycles. The van der Waals surface area contributed by atoms with E-state index < -0.39 is 0 Å². The average Bonchev–Trinajstić information content (AvgIpc) is 2.76. The molecule has 0 atom stereocenters. The largest absolute Gasteiger partial charge is 0.0741 e. The van der Waals surface area contributed by atoms with Crippen LogP contribution in [0.3, 0.4) is 0 Å². The third kappa shape index (κ3) is 22.2. The van der Waals surface area contributed by atoms with Crippen LogP contribution in [-0.2, 0) is 0 Å². The van der Waals surface area contributed by atoms with E-state index in [1.165, 1.54) is 0 Å². The fraction of sp³-hybridized carbons (Fsp3) is 0.500. The zero-order valence-electron chi connectivity index (χ0n) is 16.9. The van der Waals surface area contributed by atoms with E-state index in [4.69, 9.17) is 0 Å². The Bertz CT molecular complexity index is 638. The quantitative estimate of drug-likeness (QED) is 0.343. The molecule has 1 rings (SSSR count). The Hall–Kier alpha value is -0.540. The maximum Gasteiger partial charge on any atom is 0.00573 e. The van der Waals surface area contributed by atoms with E-state index in [0.717, 1.165) is 73.0 Å². The number of hydrogen-bond donors (Lipinski definition) is 0. The van der Waals surface area contributed by atoms with Gasteiger partial charge in [-0.05, 0) is 106 Å². The van der Waals surface area contributed by atoms with Crippen LogP contribution in [-0.4, -0.2) is 34.5 Å². The van der Waals surface area contributed by atoms with Crippen molar-refractivity contribution in [1.29, 1.82) is 0 Å². The maximum absolute atomic E-state index is 3.06. The monoisotopic (exact) mass is 504 g/mol. The third-order valence-electron chi connectivity index (χ3n) is 3.16. The van der Waals surface area contributed by atoms with Crippen LogP contribution in [0.5, 0.6) is 0 Å². The fourth-order valence-corrected chi connectivity index (χ4v) is 5.16. The first-order valence-corrected chi connectivity index (χ1v) is 15.6. The molecular weight excluding hydrogens is 481 g/mol. The molecule has 30 heavy (non-hydrogen) atoms. The highest BCUT2D eigenvalue weighted by atomic mass is 32.2. The summed E-state index contributed by atoms with van der Waals surface area (Å²) in [6, 6.07) is 0. The fourth-order valence-electron chi connectivity index (χ4n) is 1.72. The van der Waals surface area contributed by atoms with E-state index in [2.05, 4.69) is 67.0 Å². The number of hydrogen-bond acceptors (Lipinski definition) is 6. The van der Waals surface area contributed by atoms with Gasteiger partial charge in [0.1, 0.15) is 0 Å². The molecule has 1 aliphatic heterocycles. The second-order valence-corrected chi connectivity index (χ2v) is 11.0. The molecule has 0 aliphatic carbocycles. The lowest BCUT2D eigenvalue weighted by molar-refractivity contribution is 0.910. The van der Waals surface area contributed by atoms with E-state index in [1.54, 1.807) is 70.6 Å². The molecule has 0 aromatic carbocycles. The molecule has 0 amide bonds. The standard InChI is InChI=1S/C24H24S6/c1-2-14-26-16-5-6-18-28-20-9-10-22-30-24-12-11-23-29-21-8-7-19-27-17-4-3-15-25-13-1/h1-2,7-10,13-14,19-22H2. The lowest BCUT2D eigenvalue weighted by Crippen LogP contribution is -1.81. The van der Waals surface area contributed by atoms with E-state index >= 15 is 0 Å². The van der Waals surface area contributed by atoms with Gasteiger partial charge in [0, 0.05) is 34.5 Å². The van der Waals surface area contributed by atoms with Crippen molar-refractivity contribution in [3.63, 3.8) is 0 Å². The molecule has 0 radical (unpaired) electrons. The summed E-state index contributed by atoms with van der Waals surface area (Å²) in [6.07, 6.45) is 6.94. The van der Waals surface area contributed by atoms with E-state index in [-0.39, 0.29) is 0 Å². The van der Waals surface area contributed by atoms with Crippen LogP contribution < -0.4 is 0 Å². The molecule has 1 aliphatic rings. The van der Waals surface area contributed by atoms with Gasteiger partial charge >= 0.3 is 0 Å². The molecule has 0 saturated carbocycles. The van der Waals surface area contributed by atoms with Crippen LogP contribution in [0.2, 0.25) is 0 Å². The van der Waals surface area contributed by atoms with Gasteiger partial charge in [0.05, 0.1) is 0 Å². The summed E-state index contributed by atoms with van der Waals surface area (Å²) in [6.45, 7) is 0. The summed E-state index contributed by atoms with van der Waals surface area (Å²) in [5, 5.41) is 18.3. The van der Waals surface area contributed by atoms with Gasteiger partial charge in [-0.25, -0.2) is 0 Å². The summed E-state index contributed by atoms with van der Waals surface area (Å²) in [5.74, 6) is 23.8. The van der Waals surface area contributed by atoms with Crippen molar-refractivity contribution in [3.05, 3.63) is 0 Å². The highest BCUT2D eigenvalue weighted by Crippen LogP contribution is 2.09. The normalized spacial score (nSPS) is 17.6. The van der Waals surface area contributed by atoms with Gasteiger partial charge in [-0.3, -0.25) is 0 Å². The maximum atomic E-state index is 3.06. The summed E-state index contributed by atoms with van der Waals surface area (Å²) >= 11 is 9.91. The zero-order valence-corrected chi connectivity index (χ0v) is 21.8. The average molecular weight is 505 g/mol. The molecule has 6 heteroatoms. The highest BCUT2D eigenvalue weighted by Gasteiger charge is 1.90. The van der Waals surface area contributed by atoms with Crippen molar-refractivity contribution >= 4 is 70.6 Å². The van der Waals surface area contributed by atoms with E-state index in [0.29, 0.717) is 0 Å². The Balaban J connectivity index is 2.31. The minimum atomic E-state index is 1.05. The number of thioether (sulfide) groups is 6. The summed E-state index contributed by atoms with van der Waals surface area (Å²) in [5.41, 5.74) is 0. The summed E-state index contributed by atoms with van der Waals surface area (Å²) in [4.78, 5) is 0. The molecule has 0 spiro atoms. The van der Waals surface area contributed by atoms with Gasteiger partial charge in [-0.15, -0.1) is 0 Å². The van der Waals surface area contributed by atoms with Crippen molar-refractivity contribution < 1.29 is 0 Å². The predicted octanol–water partition coefficient (Wildman–Crippen LogP) is 6.51. The molecule has 0 saturated heterocycles. The minimum Gasteiger partial charge on any atom is -0.0741 e. The molecule has 0 nitrogen and oxygen atoms in total. The van der Waals surface area contributed by atoms with Crippen LogP contribution in [0, 0.1) is 67.0 Å². The first-order valence-electron chi connectivity index (χ1n) is 9.71. The van der Waals surface area contributed by atoms with Gasteiger partial charge in [0.2, 0.25) is 0 Å². The van der Waals surface area contributed by atoms with Crippen molar-refractivity contribution in [2.75, 3.05) is 34.5 Å². The van der Waals surface area contributed by atoms with Crippen LogP contribution >= 0.6 is 70.6 Å². The van der Waals surface area contributed by atoms with Crippen LogP contribution in [0.1, 0.15) is 38.5 Å². The van der Waals surface area contributed by atoms with Crippen LogP contribution in [0.4, 0.5) is 0 Å². The smallest absolute Gasteiger partial charge is 0.00573 e. The molecular formula is C24H24S6. The summed E-state index contributed by atoms with van der Waals surface area (Å²) in [7, 11) is 0. The van der Waals surface area contributed by atoms with Crippen molar-refractivity contribution in [3.8, 4) is 67.0 Å². The minimum absolute atomic E-state index is 1.05. The first-order chi connectivity index (χ1) is 15.0. The van der Waals surface area contributed by atoms with Crippen molar-refractivity contribution in [2.45, 2.75) is 38.5 Å². The van der Waals surface area contributed by atoms with E-state index in [9.17, 15) is 0 Å². The second-order valence-electron chi connectivity index (χ2n) is 5.57. The van der Waals surface area contributed by atoms with Crippen molar-refractivity contribution in [1.82, 2.24) is 0 Å². The first kappa shape index (κ1) is 27.5. The van der Waals surface area contributed by atoms with E-state index in [1.807, 2.05) is 0 Å². The Morgan fingerprint density at radius 1 is 0.267 bits per heavy atom. The molecule has 0 bridgehead atoms. The topological polar surface area (TPSA) is 0 Å². The Kier molecular flexibility index (Phi) is 22.7. The molecule has 156 valence electrons. The SMILES string of the molecule is C1#CSCCCCSC#CC#CSCCCCSC#CC#CSCCCCSC#C1. The lowest BCUT2D eigenvalue weighted by Gasteiger charge is -1.93. The predicted molar refractivity (Wildman–Crippen MR) is 149 cm³/mol. The molecule has 1 heterocycles. The Labute approximate surface area is 209 Å². The van der Waals surface area contributed by atoms with Gasteiger partial charge in [0.15, 0.2) is 0 Å². The third-order valence-corrected chi connectivity index (χ3v) is 7.59. The number of rotatable bonds is 0. The van der Waals surface area contributed by atoms with Crippen LogP contribution in [0.25, 0.3) is 0 Å². The highest BCUT2D eigenvalue weighted by molar-refractivity contribution is 8.05. The van der Waals surface area contributed by atoms with Gasteiger partial charge in [-0.1, -0.05) is 70.6 Å². The van der Waals surface area contributed by atoms with Gasteiger partial charge < -0.3 is 0 Å². The Morgan fingerprint density at radius 2 is 0.433 bits per heavy atom. The molecule has 0 unspecified atom stereocenters. The second kappa shape index (κ2) is 24.7. The molecule has 0 fully saturated rings. The molecule has 0 aromatic rings.